The van der Waals surface area contributed by atoms with E-state index in [0.717, 1.165) is 17.7 Å². The summed E-state index contributed by atoms with van der Waals surface area (Å²) in [6.45, 7) is 1.89. The van der Waals surface area contributed by atoms with E-state index < -0.39 is 18.1 Å². The molecule has 1 N–H and O–H groups in total. The van der Waals surface area contributed by atoms with Gasteiger partial charge in [-0.15, -0.1) is 0 Å². The fourth-order valence-electron chi connectivity index (χ4n) is 4.31. The van der Waals surface area contributed by atoms with E-state index in [1.54, 1.807) is 18.2 Å². The lowest BCUT2D eigenvalue weighted by Crippen LogP contribution is -2.49. The Morgan fingerprint density at radius 2 is 1.66 bits per heavy atom. The summed E-state index contributed by atoms with van der Waals surface area (Å²) in [5.41, 5.74) is 0.439. The molecule has 1 aromatic carbocycles. The predicted octanol–water partition coefficient (Wildman–Crippen LogP) is 2.70. The van der Waals surface area contributed by atoms with Gasteiger partial charge in [-0.25, -0.2) is 0 Å². The normalized spacial score (nSPS) is 20.3. The summed E-state index contributed by atoms with van der Waals surface area (Å²) in [6, 6.07) is 3.31. The van der Waals surface area contributed by atoms with Crippen molar-refractivity contribution in [2.75, 3.05) is 46.9 Å². The number of nitrogens with one attached hydrogen (secondary N) is 1. The van der Waals surface area contributed by atoms with Crippen molar-refractivity contribution in [3.05, 3.63) is 23.8 Å². The fourth-order valence-corrected chi connectivity index (χ4v) is 4.31. The van der Waals surface area contributed by atoms with E-state index in [-0.39, 0.29) is 31.3 Å². The molecule has 2 saturated heterocycles. The second-order valence-electron chi connectivity index (χ2n) is 8.32. The number of hydrogen-bond donors (Lipinski definition) is 1. The molecule has 1 aromatic rings. The highest BCUT2D eigenvalue weighted by atomic mass is 19.4. The van der Waals surface area contributed by atoms with Crippen LogP contribution in [-0.2, 0) is 4.79 Å². The number of benzene rings is 1. The van der Waals surface area contributed by atoms with Crippen LogP contribution in [0.4, 0.5) is 13.2 Å². The Kier molecular flexibility index (Phi) is 7.86. The van der Waals surface area contributed by atoms with Gasteiger partial charge in [0.15, 0.2) is 0 Å². The Bertz CT molecular complexity index is 788. The summed E-state index contributed by atoms with van der Waals surface area (Å²) >= 11 is 0. The minimum atomic E-state index is -4.37. The maximum Gasteiger partial charge on any atom is 0.408 e. The summed E-state index contributed by atoms with van der Waals surface area (Å²) in [5.74, 6) is 0.611. The average molecular weight is 457 g/mol. The van der Waals surface area contributed by atoms with Gasteiger partial charge >= 0.3 is 6.18 Å². The van der Waals surface area contributed by atoms with Crippen molar-refractivity contribution in [1.82, 2.24) is 15.1 Å². The van der Waals surface area contributed by atoms with Crippen molar-refractivity contribution in [1.29, 1.82) is 0 Å². The van der Waals surface area contributed by atoms with Gasteiger partial charge in [0.25, 0.3) is 5.91 Å². The smallest absolute Gasteiger partial charge is 0.408 e. The van der Waals surface area contributed by atoms with Crippen molar-refractivity contribution in [3.63, 3.8) is 0 Å². The number of ether oxygens (including phenoxy) is 2. The first-order valence-corrected chi connectivity index (χ1v) is 10.8. The molecular weight excluding hydrogens is 427 g/mol. The summed E-state index contributed by atoms with van der Waals surface area (Å²) in [4.78, 5) is 27.8. The van der Waals surface area contributed by atoms with Gasteiger partial charge in [-0.1, -0.05) is 0 Å². The molecule has 32 heavy (non-hydrogen) atoms. The molecule has 7 nitrogen and oxygen atoms in total. The molecule has 2 amide bonds. The van der Waals surface area contributed by atoms with Gasteiger partial charge in [0, 0.05) is 24.7 Å². The van der Waals surface area contributed by atoms with Crippen LogP contribution < -0.4 is 14.8 Å². The number of carbonyl (C=O) groups excluding carboxylic acids is 2. The SMILES string of the molecule is COc1cc(OC)cc(C(=O)NCC2CCN(CC(=O)N3CCC[C@H]3C(F)(F)F)CC2)c1. The Hall–Kier alpha value is -2.49. The number of likely N-dealkylation sites (tertiary alicyclic amines) is 2. The monoisotopic (exact) mass is 457 g/mol. The van der Waals surface area contributed by atoms with Crippen LogP contribution in [0.5, 0.6) is 11.5 Å². The number of piperidine rings is 1. The van der Waals surface area contributed by atoms with Gasteiger partial charge in [-0.3, -0.25) is 14.5 Å². The molecule has 0 saturated carbocycles. The molecule has 0 spiro atoms. The lowest BCUT2D eigenvalue weighted by atomic mass is 9.96. The molecule has 0 aromatic heterocycles. The molecule has 2 fully saturated rings. The molecule has 2 heterocycles. The summed E-state index contributed by atoms with van der Waals surface area (Å²) in [5, 5.41) is 2.93. The largest absolute Gasteiger partial charge is 0.497 e. The molecule has 10 heteroatoms. The minimum absolute atomic E-state index is 0.00919. The van der Waals surface area contributed by atoms with Crippen molar-refractivity contribution < 1.29 is 32.2 Å². The van der Waals surface area contributed by atoms with Gasteiger partial charge in [-0.05, 0) is 56.8 Å². The topological polar surface area (TPSA) is 71.1 Å². The minimum Gasteiger partial charge on any atom is -0.497 e. The van der Waals surface area contributed by atoms with Gasteiger partial charge in [-0.2, -0.15) is 13.2 Å². The van der Waals surface area contributed by atoms with E-state index >= 15 is 0 Å². The van der Waals surface area contributed by atoms with Crippen LogP contribution in [-0.4, -0.2) is 80.8 Å². The van der Waals surface area contributed by atoms with Gasteiger partial charge in [0.1, 0.15) is 17.5 Å². The van der Waals surface area contributed by atoms with Crippen LogP contribution in [0.2, 0.25) is 0 Å². The zero-order valence-electron chi connectivity index (χ0n) is 18.4. The van der Waals surface area contributed by atoms with E-state index in [0.29, 0.717) is 43.1 Å². The average Bonchev–Trinajstić information content (AvgIpc) is 3.29. The number of nitrogens with zero attached hydrogens (tertiary/aromatic N) is 2. The number of alkyl halides is 3. The van der Waals surface area contributed by atoms with Crippen LogP contribution in [0.15, 0.2) is 18.2 Å². The zero-order valence-corrected chi connectivity index (χ0v) is 18.4. The number of carbonyl (C=O) groups is 2. The van der Waals surface area contributed by atoms with E-state index in [2.05, 4.69) is 5.32 Å². The highest BCUT2D eigenvalue weighted by Crippen LogP contribution is 2.32. The van der Waals surface area contributed by atoms with E-state index in [1.807, 2.05) is 4.90 Å². The first kappa shape index (κ1) is 24.2. The van der Waals surface area contributed by atoms with Crippen molar-refractivity contribution in [2.24, 2.45) is 5.92 Å². The lowest BCUT2D eigenvalue weighted by molar-refractivity contribution is -0.183. The number of halogens is 3. The predicted molar refractivity (Wildman–Crippen MR) is 112 cm³/mol. The maximum absolute atomic E-state index is 13.1. The van der Waals surface area contributed by atoms with Crippen LogP contribution >= 0.6 is 0 Å². The molecule has 0 radical (unpaired) electrons. The van der Waals surface area contributed by atoms with E-state index in [4.69, 9.17) is 9.47 Å². The lowest BCUT2D eigenvalue weighted by Gasteiger charge is -2.34. The Balaban J connectivity index is 1.44. The van der Waals surface area contributed by atoms with Crippen LogP contribution in [0.3, 0.4) is 0 Å². The number of rotatable bonds is 7. The maximum atomic E-state index is 13.1. The number of amides is 2. The highest BCUT2D eigenvalue weighted by Gasteiger charge is 2.47. The molecular formula is C22H30F3N3O4. The Morgan fingerprint density at radius 1 is 1.03 bits per heavy atom. The molecule has 0 aliphatic carbocycles. The third-order valence-corrected chi connectivity index (χ3v) is 6.18. The molecule has 2 aliphatic heterocycles. The number of methoxy groups -OCH3 is 2. The third-order valence-electron chi connectivity index (χ3n) is 6.18. The Morgan fingerprint density at radius 3 is 2.22 bits per heavy atom. The van der Waals surface area contributed by atoms with Crippen LogP contribution in [0, 0.1) is 5.92 Å². The summed E-state index contributed by atoms with van der Waals surface area (Å²) in [7, 11) is 3.03. The van der Waals surface area contributed by atoms with Crippen LogP contribution in [0.25, 0.3) is 0 Å². The fraction of sp³-hybridized carbons (Fsp3) is 0.636. The van der Waals surface area contributed by atoms with Crippen molar-refractivity contribution in [3.8, 4) is 11.5 Å². The van der Waals surface area contributed by atoms with Crippen LogP contribution in [0.1, 0.15) is 36.0 Å². The highest BCUT2D eigenvalue weighted by molar-refractivity contribution is 5.95. The van der Waals surface area contributed by atoms with Gasteiger partial charge in [0.2, 0.25) is 5.91 Å². The van der Waals surface area contributed by atoms with E-state index in [1.165, 1.54) is 14.2 Å². The second kappa shape index (κ2) is 10.4. The summed E-state index contributed by atoms with van der Waals surface area (Å²) < 4.78 is 49.7. The molecule has 0 unspecified atom stereocenters. The zero-order chi connectivity index (χ0) is 23.3. The standard InChI is InChI=1S/C22H30F3N3O4/c1-31-17-10-16(11-18(12-17)32-2)21(30)26-13-15-5-8-27(9-6-15)14-20(29)28-7-3-4-19(28)22(23,24)25/h10-12,15,19H,3-9,13-14H2,1-2H3,(H,26,30)/t19-/m0/s1. The molecule has 2 aliphatic rings. The summed E-state index contributed by atoms with van der Waals surface area (Å²) in [6.07, 6.45) is -2.48. The van der Waals surface area contributed by atoms with E-state index in [9.17, 15) is 22.8 Å². The quantitative estimate of drug-likeness (QED) is 0.682. The Labute approximate surface area is 185 Å². The molecule has 3 rings (SSSR count). The molecule has 0 bridgehead atoms. The molecule has 178 valence electrons. The first-order chi connectivity index (χ1) is 15.2. The first-order valence-electron chi connectivity index (χ1n) is 10.8. The number of hydrogen-bond acceptors (Lipinski definition) is 5. The van der Waals surface area contributed by atoms with Crippen molar-refractivity contribution in [2.45, 2.75) is 37.9 Å². The third kappa shape index (κ3) is 6.05. The van der Waals surface area contributed by atoms with Gasteiger partial charge in [0.05, 0.1) is 20.8 Å². The van der Waals surface area contributed by atoms with Crippen molar-refractivity contribution >= 4 is 11.8 Å². The second-order valence-corrected chi connectivity index (χ2v) is 8.32. The van der Waals surface area contributed by atoms with Gasteiger partial charge < -0.3 is 19.7 Å². The molecule has 1 atom stereocenters.